The number of pyridine rings is 1. The van der Waals surface area contributed by atoms with Crippen LogP contribution in [-0.4, -0.2) is 4.98 Å². The van der Waals surface area contributed by atoms with E-state index in [1.165, 1.54) is 0 Å². The van der Waals surface area contributed by atoms with E-state index in [0.29, 0.717) is 15.6 Å². The Morgan fingerprint density at radius 3 is 2.57 bits per heavy atom. The lowest BCUT2D eigenvalue weighted by Crippen LogP contribution is -1.84. The number of nitrogens with zero attached hydrogens (tertiary/aromatic N) is 1. The van der Waals surface area contributed by atoms with Gasteiger partial charge in [-0.2, -0.15) is 0 Å². The van der Waals surface area contributed by atoms with Crippen LogP contribution < -0.4 is 0 Å². The number of hydrogen-bond donors (Lipinski definition) is 0. The van der Waals surface area contributed by atoms with E-state index < -0.39 is 0 Å². The van der Waals surface area contributed by atoms with Gasteiger partial charge >= 0.3 is 0 Å². The summed E-state index contributed by atoms with van der Waals surface area (Å²) in [5.41, 5.74) is 0.695. The van der Waals surface area contributed by atoms with Crippen molar-refractivity contribution in [2.24, 2.45) is 0 Å². The molecule has 0 bridgehead atoms. The molecule has 0 N–H and O–H groups in total. The third-order valence-electron chi connectivity index (χ3n) is 1.79. The summed E-state index contributed by atoms with van der Waals surface area (Å²) >= 11 is 18.7. The van der Waals surface area contributed by atoms with E-state index in [-0.39, 0.29) is 0 Å². The summed E-state index contributed by atoms with van der Waals surface area (Å²) in [6, 6.07) is 5.51. The van der Waals surface area contributed by atoms with Gasteiger partial charge in [0, 0.05) is 9.86 Å². The second-order valence-corrected chi connectivity index (χ2v) is 5.14. The maximum absolute atomic E-state index is 6.03. The summed E-state index contributed by atoms with van der Waals surface area (Å²) in [6.07, 6.45) is 0. The van der Waals surface area contributed by atoms with E-state index in [2.05, 4.69) is 36.8 Å². The van der Waals surface area contributed by atoms with Crippen LogP contribution in [0.15, 0.2) is 27.3 Å². The zero-order valence-electron chi connectivity index (χ0n) is 6.69. The fraction of sp³-hybridized carbons (Fsp3) is 0. The number of fused-ring (bicyclic) bond motifs is 1. The van der Waals surface area contributed by atoms with Crippen LogP contribution in [0.5, 0.6) is 0 Å². The summed E-state index contributed by atoms with van der Waals surface area (Å²) in [5.74, 6) is 0. The summed E-state index contributed by atoms with van der Waals surface area (Å²) in [5, 5.41) is 1.94. The summed E-state index contributed by atoms with van der Waals surface area (Å²) in [4.78, 5) is 4.27. The number of aromatic nitrogens is 1. The Labute approximate surface area is 108 Å². The molecule has 0 saturated carbocycles. The number of rotatable bonds is 0. The Balaban J connectivity index is 2.95. The second kappa shape index (κ2) is 3.97. The molecule has 1 aromatic heterocycles. The zero-order chi connectivity index (χ0) is 10.3. The van der Waals surface area contributed by atoms with Gasteiger partial charge in [-0.15, -0.1) is 0 Å². The molecule has 72 valence electrons. The number of benzene rings is 1. The molecule has 0 radical (unpaired) electrons. The van der Waals surface area contributed by atoms with E-state index in [1.54, 1.807) is 6.07 Å². The molecule has 0 saturated heterocycles. The minimum absolute atomic E-state index is 0.478. The van der Waals surface area contributed by atoms with Crippen LogP contribution in [-0.2, 0) is 0 Å². The second-order valence-electron chi connectivity index (χ2n) is 2.68. The molecule has 1 heterocycles. The topological polar surface area (TPSA) is 12.9 Å². The van der Waals surface area contributed by atoms with Crippen molar-refractivity contribution in [2.45, 2.75) is 0 Å². The van der Waals surface area contributed by atoms with Gasteiger partial charge in [0.15, 0.2) is 0 Å². The Bertz CT molecular complexity index is 514. The Morgan fingerprint density at radius 1 is 1.14 bits per heavy atom. The van der Waals surface area contributed by atoms with E-state index in [4.69, 9.17) is 23.2 Å². The van der Waals surface area contributed by atoms with Gasteiger partial charge in [-0.05, 0) is 44.0 Å². The van der Waals surface area contributed by atoms with E-state index >= 15 is 0 Å². The molecule has 14 heavy (non-hydrogen) atoms. The minimum atomic E-state index is 0.478. The molecular formula is C9H3Br2Cl2N. The highest BCUT2D eigenvalue weighted by molar-refractivity contribution is 9.11. The van der Waals surface area contributed by atoms with Crippen LogP contribution in [0.1, 0.15) is 0 Å². The quantitative estimate of drug-likeness (QED) is 0.601. The standard InChI is InChI=1S/C9H3Br2Cl2N/c10-5-3-7(11)14-9-4(5)1-2-6(12)8(9)13/h1-3H. The fourth-order valence-electron chi connectivity index (χ4n) is 1.16. The first-order valence-corrected chi connectivity index (χ1v) is 6.03. The van der Waals surface area contributed by atoms with Crippen molar-refractivity contribution in [3.8, 4) is 0 Å². The smallest absolute Gasteiger partial charge is 0.108 e. The van der Waals surface area contributed by atoms with Crippen molar-refractivity contribution >= 4 is 66.0 Å². The van der Waals surface area contributed by atoms with Crippen LogP contribution >= 0.6 is 55.1 Å². The molecule has 2 rings (SSSR count). The summed E-state index contributed by atoms with van der Waals surface area (Å²) in [7, 11) is 0. The third-order valence-corrected chi connectivity index (χ3v) is 3.65. The van der Waals surface area contributed by atoms with Gasteiger partial charge in [-0.25, -0.2) is 4.98 Å². The molecule has 0 aliphatic heterocycles. The number of halogens is 4. The van der Waals surface area contributed by atoms with Crippen LogP contribution in [0.2, 0.25) is 10.0 Å². The summed E-state index contributed by atoms with van der Waals surface area (Å²) in [6.45, 7) is 0. The van der Waals surface area contributed by atoms with Crippen LogP contribution in [0.4, 0.5) is 0 Å². The first kappa shape index (κ1) is 10.7. The van der Waals surface area contributed by atoms with Crippen LogP contribution in [0.25, 0.3) is 10.9 Å². The van der Waals surface area contributed by atoms with Crippen molar-refractivity contribution in [3.63, 3.8) is 0 Å². The predicted octanol–water partition coefficient (Wildman–Crippen LogP) is 5.07. The van der Waals surface area contributed by atoms with Gasteiger partial charge in [0.05, 0.1) is 15.6 Å². The lowest BCUT2D eigenvalue weighted by Gasteiger charge is -2.04. The highest BCUT2D eigenvalue weighted by atomic mass is 79.9. The molecule has 0 atom stereocenters. The van der Waals surface area contributed by atoms with Gasteiger partial charge in [0.25, 0.3) is 0 Å². The first-order chi connectivity index (χ1) is 6.59. The van der Waals surface area contributed by atoms with Crippen LogP contribution in [0, 0.1) is 0 Å². The Kier molecular flexibility index (Phi) is 3.03. The minimum Gasteiger partial charge on any atom is -0.239 e. The molecule has 0 fully saturated rings. The molecule has 0 amide bonds. The van der Waals surface area contributed by atoms with Crippen LogP contribution in [0.3, 0.4) is 0 Å². The van der Waals surface area contributed by atoms with Crippen molar-refractivity contribution in [1.82, 2.24) is 4.98 Å². The predicted molar refractivity (Wildman–Crippen MR) is 67.2 cm³/mol. The molecule has 1 nitrogen and oxygen atoms in total. The lowest BCUT2D eigenvalue weighted by molar-refractivity contribution is 1.34. The highest BCUT2D eigenvalue weighted by Gasteiger charge is 2.08. The molecule has 0 spiro atoms. The van der Waals surface area contributed by atoms with Crippen molar-refractivity contribution in [1.29, 1.82) is 0 Å². The molecule has 1 aromatic carbocycles. The van der Waals surface area contributed by atoms with Gasteiger partial charge in [0.2, 0.25) is 0 Å². The van der Waals surface area contributed by atoms with Crippen molar-refractivity contribution in [2.75, 3.05) is 0 Å². The lowest BCUT2D eigenvalue weighted by atomic mass is 10.2. The van der Waals surface area contributed by atoms with E-state index in [9.17, 15) is 0 Å². The van der Waals surface area contributed by atoms with Gasteiger partial charge in [0.1, 0.15) is 4.60 Å². The fourth-order valence-corrected chi connectivity index (χ4v) is 2.77. The first-order valence-electron chi connectivity index (χ1n) is 3.69. The maximum Gasteiger partial charge on any atom is 0.108 e. The average Bonchev–Trinajstić information content (AvgIpc) is 2.12. The van der Waals surface area contributed by atoms with Crippen molar-refractivity contribution < 1.29 is 0 Å². The van der Waals surface area contributed by atoms with Crippen molar-refractivity contribution in [3.05, 3.63) is 37.3 Å². The van der Waals surface area contributed by atoms with Gasteiger partial charge in [-0.3, -0.25) is 0 Å². The van der Waals surface area contributed by atoms with Gasteiger partial charge < -0.3 is 0 Å². The molecule has 0 aliphatic rings. The molecular weight excluding hydrogens is 353 g/mol. The Morgan fingerprint density at radius 2 is 1.86 bits per heavy atom. The van der Waals surface area contributed by atoms with Gasteiger partial charge in [-0.1, -0.05) is 29.3 Å². The molecule has 2 aromatic rings. The average molecular weight is 356 g/mol. The zero-order valence-corrected chi connectivity index (χ0v) is 11.4. The third kappa shape index (κ3) is 1.78. The summed E-state index contributed by atoms with van der Waals surface area (Å²) < 4.78 is 1.66. The number of hydrogen-bond acceptors (Lipinski definition) is 1. The van der Waals surface area contributed by atoms with E-state index in [1.807, 2.05) is 12.1 Å². The molecule has 0 unspecified atom stereocenters. The largest absolute Gasteiger partial charge is 0.239 e. The Hall–Kier alpha value is 0.170. The maximum atomic E-state index is 6.03. The monoisotopic (exact) mass is 353 g/mol. The van der Waals surface area contributed by atoms with E-state index in [0.717, 1.165) is 14.5 Å². The SMILES string of the molecule is Clc1ccc2c(Br)cc(Br)nc2c1Cl. The normalized spacial score (nSPS) is 10.9. The molecule has 0 aliphatic carbocycles. The molecule has 5 heteroatoms. The highest BCUT2D eigenvalue weighted by Crippen LogP contribution is 2.34.